The Morgan fingerprint density at radius 1 is 1.29 bits per heavy atom. The predicted molar refractivity (Wildman–Crippen MR) is 72.4 cm³/mol. The number of thiophene rings is 1. The van der Waals surface area contributed by atoms with Crippen molar-refractivity contribution < 1.29 is 0 Å². The SMILES string of the molecule is CNc1cc(NCc2ccc(C)s2)nc(N)n1. The first kappa shape index (κ1) is 11.7. The summed E-state index contributed by atoms with van der Waals surface area (Å²) in [5.74, 6) is 1.71. The minimum Gasteiger partial charge on any atom is -0.373 e. The molecule has 0 radical (unpaired) electrons. The van der Waals surface area contributed by atoms with Crippen molar-refractivity contribution in [3.05, 3.63) is 28.0 Å². The van der Waals surface area contributed by atoms with E-state index in [0.29, 0.717) is 5.82 Å². The van der Waals surface area contributed by atoms with E-state index >= 15 is 0 Å². The van der Waals surface area contributed by atoms with E-state index in [0.717, 1.165) is 12.4 Å². The summed E-state index contributed by atoms with van der Waals surface area (Å²) in [6.45, 7) is 2.84. The van der Waals surface area contributed by atoms with Crippen molar-refractivity contribution in [3.63, 3.8) is 0 Å². The first-order valence-corrected chi connectivity index (χ1v) is 6.10. The van der Waals surface area contributed by atoms with E-state index in [1.807, 2.05) is 6.07 Å². The van der Waals surface area contributed by atoms with Crippen LogP contribution in [0, 0.1) is 6.92 Å². The lowest BCUT2D eigenvalue weighted by Gasteiger charge is -2.06. The minimum absolute atomic E-state index is 0.265. The van der Waals surface area contributed by atoms with Crippen LogP contribution in [0.3, 0.4) is 0 Å². The van der Waals surface area contributed by atoms with Crippen molar-refractivity contribution in [2.24, 2.45) is 0 Å². The highest BCUT2D eigenvalue weighted by atomic mass is 32.1. The predicted octanol–water partition coefficient (Wildman–Crippen LogP) is 2.08. The second kappa shape index (κ2) is 5.01. The van der Waals surface area contributed by atoms with Crippen LogP contribution in [-0.4, -0.2) is 17.0 Å². The minimum atomic E-state index is 0.265. The van der Waals surface area contributed by atoms with E-state index in [2.05, 4.69) is 39.7 Å². The lowest BCUT2D eigenvalue weighted by atomic mass is 10.4. The van der Waals surface area contributed by atoms with Crippen LogP contribution in [0.2, 0.25) is 0 Å². The maximum absolute atomic E-state index is 5.61. The number of rotatable bonds is 4. The van der Waals surface area contributed by atoms with Crippen molar-refractivity contribution in [2.45, 2.75) is 13.5 Å². The Morgan fingerprint density at radius 2 is 2.06 bits per heavy atom. The molecular formula is C11H15N5S. The lowest BCUT2D eigenvalue weighted by Crippen LogP contribution is -2.05. The van der Waals surface area contributed by atoms with Gasteiger partial charge in [-0.1, -0.05) is 0 Å². The number of hydrogen-bond acceptors (Lipinski definition) is 6. The zero-order valence-corrected chi connectivity index (χ0v) is 10.6. The van der Waals surface area contributed by atoms with Gasteiger partial charge in [-0.15, -0.1) is 11.3 Å². The number of nitrogens with zero attached hydrogens (tertiary/aromatic N) is 2. The fourth-order valence-electron chi connectivity index (χ4n) is 1.44. The van der Waals surface area contributed by atoms with Crippen LogP contribution in [-0.2, 0) is 6.54 Å². The maximum atomic E-state index is 5.61. The van der Waals surface area contributed by atoms with Crippen molar-refractivity contribution in [1.29, 1.82) is 0 Å². The second-order valence-electron chi connectivity index (χ2n) is 3.61. The van der Waals surface area contributed by atoms with Crippen molar-refractivity contribution in [1.82, 2.24) is 9.97 Å². The fraction of sp³-hybridized carbons (Fsp3) is 0.273. The second-order valence-corrected chi connectivity index (χ2v) is 4.98. The molecule has 0 aliphatic heterocycles. The summed E-state index contributed by atoms with van der Waals surface area (Å²) in [6.07, 6.45) is 0. The van der Waals surface area contributed by atoms with Gasteiger partial charge in [0.1, 0.15) is 11.6 Å². The molecule has 90 valence electrons. The summed E-state index contributed by atoms with van der Waals surface area (Å²) in [5.41, 5.74) is 5.61. The maximum Gasteiger partial charge on any atom is 0.223 e. The molecule has 0 aromatic carbocycles. The molecule has 0 saturated heterocycles. The van der Waals surface area contributed by atoms with Gasteiger partial charge >= 0.3 is 0 Å². The molecule has 0 fully saturated rings. The van der Waals surface area contributed by atoms with E-state index in [1.54, 1.807) is 18.4 Å². The molecule has 0 atom stereocenters. The summed E-state index contributed by atoms with van der Waals surface area (Å²) in [5, 5.41) is 6.17. The normalized spacial score (nSPS) is 10.2. The summed E-state index contributed by atoms with van der Waals surface area (Å²) in [6, 6.07) is 6.04. The molecule has 0 unspecified atom stereocenters. The first-order valence-electron chi connectivity index (χ1n) is 5.29. The molecule has 0 saturated carbocycles. The van der Waals surface area contributed by atoms with E-state index in [4.69, 9.17) is 5.73 Å². The Balaban J connectivity index is 2.05. The molecule has 2 rings (SSSR count). The van der Waals surface area contributed by atoms with Gasteiger partial charge in [0.2, 0.25) is 5.95 Å². The van der Waals surface area contributed by atoms with E-state index in [1.165, 1.54) is 9.75 Å². The molecule has 2 aromatic heterocycles. The zero-order chi connectivity index (χ0) is 12.3. The topological polar surface area (TPSA) is 75.9 Å². The number of nitrogen functional groups attached to an aromatic ring is 1. The Morgan fingerprint density at radius 3 is 2.71 bits per heavy atom. The standard InChI is InChI=1S/C11H15N5S/c1-7-3-4-8(17-7)6-14-10-5-9(13-2)15-11(12)16-10/h3-5H,6H2,1-2H3,(H4,12,13,14,15,16). The van der Waals surface area contributed by atoms with Crippen molar-refractivity contribution in [2.75, 3.05) is 23.4 Å². The Bertz CT molecular complexity index is 508. The van der Waals surface area contributed by atoms with Crippen LogP contribution in [0.15, 0.2) is 18.2 Å². The van der Waals surface area contributed by atoms with Gasteiger partial charge in [0.05, 0.1) is 6.54 Å². The van der Waals surface area contributed by atoms with Gasteiger partial charge in [0.15, 0.2) is 0 Å². The molecule has 2 aromatic rings. The third kappa shape index (κ3) is 3.07. The summed E-state index contributed by atoms with van der Waals surface area (Å²) in [7, 11) is 1.80. The van der Waals surface area contributed by atoms with Gasteiger partial charge in [-0.3, -0.25) is 0 Å². The number of hydrogen-bond donors (Lipinski definition) is 3. The Labute approximate surface area is 104 Å². The number of nitrogens with one attached hydrogen (secondary N) is 2. The molecule has 5 nitrogen and oxygen atoms in total. The monoisotopic (exact) mass is 249 g/mol. The number of nitrogens with two attached hydrogens (primary N) is 1. The number of aromatic nitrogens is 2. The van der Waals surface area contributed by atoms with Crippen LogP contribution in [0.5, 0.6) is 0 Å². The molecule has 0 amide bonds. The van der Waals surface area contributed by atoms with Crippen molar-refractivity contribution >= 4 is 28.9 Å². The van der Waals surface area contributed by atoms with Crippen molar-refractivity contribution in [3.8, 4) is 0 Å². The average Bonchev–Trinajstić information content (AvgIpc) is 2.72. The number of anilines is 3. The highest BCUT2D eigenvalue weighted by Crippen LogP contribution is 2.17. The Hall–Kier alpha value is -1.82. The van der Waals surface area contributed by atoms with Crippen LogP contribution in [0.25, 0.3) is 0 Å². The zero-order valence-electron chi connectivity index (χ0n) is 9.82. The van der Waals surface area contributed by atoms with E-state index < -0.39 is 0 Å². The third-order valence-corrected chi connectivity index (χ3v) is 3.24. The van der Waals surface area contributed by atoms with Crippen LogP contribution < -0.4 is 16.4 Å². The molecule has 2 heterocycles. The van der Waals surface area contributed by atoms with Crippen LogP contribution in [0.4, 0.5) is 17.6 Å². The molecule has 0 bridgehead atoms. The Kier molecular flexibility index (Phi) is 3.43. The third-order valence-electron chi connectivity index (χ3n) is 2.24. The average molecular weight is 249 g/mol. The summed E-state index contributed by atoms with van der Waals surface area (Å²) in [4.78, 5) is 10.7. The number of aryl methyl sites for hydroxylation is 1. The first-order chi connectivity index (χ1) is 8.17. The highest BCUT2D eigenvalue weighted by Gasteiger charge is 2.02. The highest BCUT2D eigenvalue weighted by molar-refractivity contribution is 7.11. The summed E-state index contributed by atoms with van der Waals surface area (Å²) < 4.78 is 0. The van der Waals surface area contributed by atoms with Crippen LogP contribution in [0.1, 0.15) is 9.75 Å². The quantitative estimate of drug-likeness (QED) is 0.773. The van der Waals surface area contributed by atoms with Gasteiger partial charge in [-0.25, -0.2) is 0 Å². The molecular weight excluding hydrogens is 234 g/mol. The van der Waals surface area contributed by atoms with Gasteiger partial charge < -0.3 is 16.4 Å². The molecule has 0 aliphatic carbocycles. The van der Waals surface area contributed by atoms with Gasteiger partial charge in [-0.2, -0.15) is 9.97 Å². The van der Waals surface area contributed by atoms with Crippen LogP contribution >= 0.6 is 11.3 Å². The molecule has 0 spiro atoms. The largest absolute Gasteiger partial charge is 0.373 e. The van der Waals surface area contributed by atoms with Gasteiger partial charge in [0, 0.05) is 22.9 Å². The van der Waals surface area contributed by atoms with Gasteiger partial charge in [0.25, 0.3) is 0 Å². The van der Waals surface area contributed by atoms with Gasteiger partial charge in [-0.05, 0) is 19.1 Å². The van der Waals surface area contributed by atoms with E-state index in [9.17, 15) is 0 Å². The smallest absolute Gasteiger partial charge is 0.223 e. The molecule has 4 N–H and O–H groups in total. The fourth-order valence-corrected chi connectivity index (χ4v) is 2.27. The summed E-state index contributed by atoms with van der Waals surface area (Å²) >= 11 is 1.77. The molecule has 0 aliphatic rings. The lowest BCUT2D eigenvalue weighted by molar-refractivity contribution is 1.11. The molecule has 17 heavy (non-hydrogen) atoms. The molecule has 6 heteroatoms. The van der Waals surface area contributed by atoms with E-state index in [-0.39, 0.29) is 5.95 Å².